The van der Waals surface area contributed by atoms with Crippen LogP contribution in [-0.4, -0.2) is 40.4 Å². The topological polar surface area (TPSA) is 56.9 Å². The van der Waals surface area contributed by atoms with Crippen LogP contribution in [0.4, 0.5) is 0 Å². The highest BCUT2D eigenvalue weighted by molar-refractivity contribution is 5.78. The number of furan rings is 1. The second-order valence-corrected chi connectivity index (χ2v) is 6.94. The van der Waals surface area contributed by atoms with E-state index in [0.29, 0.717) is 25.6 Å². The molecule has 1 aliphatic heterocycles. The van der Waals surface area contributed by atoms with Crippen LogP contribution in [0.1, 0.15) is 31.1 Å². The van der Waals surface area contributed by atoms with E-state index in [2.05, 4.69) is 6.92 Å². The molecule has 134 valence electrons. The quantitative estimate of drug-likeness (QED) is 0.875. The lowest BCUT2D eigenvalue weighted by Crippen LogP contribution is -2.44. The van der Waals surface area contributed by atoms with Crippen molar-refractivity contribution in [1.82, 2.24) is 9.80 Å². The molecule has 1 aliphatic rings. The molecule has 1 amide bonds. The number of rotatable bonds is 6. The average Bonchev–Trinajstić information content (AvgIpc) is 3.10. The van der Waals surface area contributed by atoms with Crippen molar-refractivity contribution in [3.8, 4) is 5.75 Å². The van der Waals surface area contributed by atoms with Gasteiger partial charge in [-0.15, -0.1) is 0 Å². The van der Waals surface area contributed by atoms with Crippen LogP contribution >= 0.6 is 0 Å². The zero-order valence-electron chi connectivity index (χ0n) is 14.7. The standard InChI is InChI=1S/C20H26N2O3/c1-16-6-4-10-22(12-16)20(24)15-21(14-18-8-5-11-25-18)13-17-7-2-3-9-19(17)23/h2-3,5,7-9,11,16,23H,4,6,10,12-15H2,1H3. The molecule has 5 heteroatoms. The highest BCUT2D eigenvalue weighted by Gasteiger charge is 2.23. The fourth-order valence-electron chi connectivity index (χ4n) is 3.38. The third kappa shape index (κ3) is 4.86. The molecular formula is C20H26N2O3. The first-order valence-corrected chi connectivity index (χ1v) is 8.91. The molecule has 0 radical (unpaired) electrons. The van der Waals surface area contributed by atoms with Gasteiger partial charge in [0.1, 0.15) is 11.5 Å². The Labute approximate surface area is 148 Å². The van der Waals surface area contributed by atoms with Gasteiger partial charge in [0.25, 0.3) is 0 Å². The van der Waals surface area contributed by atoms with Crippen LogP contribution in [0, 0.1) is 5.92 Å². The van der Waals surface area contributed by atoms with Gasteiger partial charge >= 0.3 is 0 Å². The van der Waals surface area contributed by atoms with Gasteiger partial charge in [0.2, 0.25) is 5.91 Å². The highest BCUT2D eigenvalue weighted by atomic mass is 16.3. The van der Waals surface area contributed by atoms with Crippen LogP contribution in [0.15, 0.2) is 47.1 Å². The molecule has 1 fully saturated rings. The SMILES string of the molecule is CC1CCCN(C(=O)CN(Cc2ccco2)Cc2ccccc2O)C1. The summed E-state index contributed by atoms with van der Waals surface area (Å²) in [6, 6.07) is 11.0. The van der Waals surface area contributed by atoms with E-state index in [1.165, 1.54) is 6.42 Å². The van der Waals surface area contributed by atoms with Crippen molar-refractivity contribution in [2.45, 2.75) is 32.9 Å². The predicted octanol–water partition coefficient (Wildman–Crippen LogP) is 3.25. The molecule has 1 atom stereocenters. The molecular weight excluding hydrogens is 316 g/mol. The fraction of sp³-hybridized carbons (Fsp3) is 0.450. The fourth-order valence-corrected chi connectivity index (χ4v) is 3.38. The number of phenolic OH excluding ortho intramolecular Hbond substituents is 1. The molecule has 2 aromatic rings. The Morgan fingerprint density at radius 3 is 2.84 bits per heavy atom. The number of carbonyl (C=O) groups is 1. The van der Waals surface area contributed by atoms with E-state index in [9.17, 15) is 9.90 Å². The minimum Gasteiger partial charge on any atom is -0.508 e. The van der Waals surface area contributed by atoms with E-state index in [1.54, 1.807) is 18.4 Å². The second kappa shape index (κ2) is 8.21. The maximum Gasteiger partial charge on any atom is 0.236 e. The zero-order valence-corrected chi connectivity index (χ0v) is 14.7. The number of hydrogen-bond donors (Lipinski definition) is 1. The lowest BCUT2D eigenvalue weighted by molar-refractivity contribution is -0.134. The molecule has 1 aromatic carbocycles. The van der Waals surface area contributed by atoms with E-state index >= 15 is 0 Å². The molecule has 2 heterocycles. The van der Waals surface area contributed by atoms with Crippen molar-refractivity contribution in [3.63, 3.8) is 0 Å². The first-order chi connectivity index (χ1) is 12.1. The number of phenols is 1. The van der Waals surface area contributed by atoms with E-state index in [-0.39, 0.29) is 11.7 Å². The predicted molar refractivity (Wildman–Crippen MR) is 95.9 cm³/mol. The number of carbonyl (C=O) groups excluding carboxylic acids is 1. The van der Waals surface area contributed by atoms with Crippen molar-refractivity contribution in [2.24, 2.45) is 5.92 Å². The number of likely N-dealkylation sites (tertiary alicyclic amines) is 1. The maximum absolute atomic E-state index is 12.7. The van der Waals surface area contributed by atoms with Crippen LogP contribution in [0.3, 0.4) is 0 Å². The second-order valence-electron chi connectivity index (χ2n) is 6.94. The molecule has 1 saturated heterocycles. The summed E-state index contributed by atoms with van der Waals surface area (Å²) >= 11 is 0. The summed E-state index contributed by atoms with van der Waals surface area (Å²) in [4.78, 5) is 16.7. The molecule has 1 aromatic heterocycles. The number of aromatic hydroxyl groups is 1. The summed E-state index contributed by atoms with van der Waals surface area (Å²) in [7, 11) is 0. The van der Waals surface area contributed by atoms with Crippen LogP contribution in [0.25, 0.3) is 0 Å². The number of hydrogen-bond acceptors (Lipinski definition) is 4. The molecule has 0 bridgehead atoms. The van der Waals surface area contributed by atoms with Crippen LogP contribution in [0.2, 0.25) is 0 Å². The molecule has 0 aliphatic carbocycles. The van der Waals surface area contributed by atoms with Gasteiger partial charge in [0.15, 0.2) is 0 Å². The maximum atomic E-state index is 12.7. The summed E-state index contributed by atoms with van der Waals surface area (Å²) in [5, 5.41) is 10.1. The Bertz CT molecular complexity index is 684. The normalized spacial score (nSPS) is 17.8. The first-order valence-electron chi connectivity index (χ1n) is 8.91. The summed E-state index contributed by atoms with van der Waals surface area (Å²) in [6.45, 7) is 5.24. The third-order valence-corrected chi connectivity index (χ3v) is 4.71. The van der Waals surface area contributed by atoms with Crippen LogP contribution in [-0.2, 0) is 17.9 Å². The number of benzene rings is 1. The summed E-state index contributed by atoms with van der Waals surface area (Å²) in [5.41, 5.74) is 0.814. The van der Waals surface area contributed by atoms with Gasteiger partial charge in [-0.1, -0.05) is 25.1 Å². The van der Waals surface area contributed by atoms with Crippen molar-refractivity contribution < 1.29 is 14.3 Å². The molecule has 3 rings (SSSR count). The third-order valence-electron chi connectivity index (χ3n) is 4.71. The Hall–Kier alpha value is -2.27. The van der Waals surface area contributed by atoms with Crippen molar-refractivity contribution in [1.29, 1.82) is 0 Å². The largest absolute Gasteiger partial charge is 0.508 e. The minimum atomic E-state index is 0.147. The molecule has 1 unspecified atom stereocenters. The summed E-state index contributed by atoms with van der Waals surface area (Å²) < 4.78 is 5.45. The van der Waals surface area contributed by atoms with Gasteiger partial charge in [0, 0.05) is 25.2 Å². The van der Waals surface area contributed by atoms with E-state index < -0.39 is 0 Å². The lowest BCUT2D eigenvalue weighted by Gasteiger charge is -2.33. The van der Waals surface area contributed by atoms with Gasteiger partial charge in [-0.2, -0.15) is 0 Å². The van der Waals surface area contributed by atoms with Crippen LogP contribution in [0.5, 0.6) is 5.75 Å². The lowest BCUT2D eigenvalue weighted by atomic mass is 10.0. The molecule has 0 spiro atoms. The van der Waals surface area contributed by atoms with Gasteiger partial charge in [-0.3, -0.25) is 9.69 Å². The van der Waals surface area contributed by atoms with Crippen molar-refractivity contribution >= 4 is 5.91 Å². The number of piperidine rings is 1. The molecule has 0 saturated carbocycles. The van der Waals surface area contributed by atoms with Gasteiger partial charge in [-0.05, 0) is 37.0 Å². The summed E-state index contributed by atoms with van der Waals surface area (Å²) in [5.74, 6) is 1.78. The van der Waals surface area contributed by atoms with E-state index in [4.69, 9.17) is 4.42 Å². The number of nitrogens with zero attached hydrogens (tertiary/aromatic N) is 2. The summed E-state index contributed by atoms with van der Waals surface area (Å²) in [6.07, 6.45) is 3.91. The Morgan fingerprint density at radius 2 is 2.12 bits per heavy atom. The van der Waals surface area contributed by atoms with Gasteiger partial charge in [-0.25, -0.2) is 0 Å². The Kier molecular flexibility index (Phi) is 5.76. The monoisotopic (exact) mass is 342 g/mol. The Balaban J connectivity index is 1.69. The van der Waals surface area contributed by atoms with Crippen molar-refractivity contribution in [3.05, 3.63) is 54.0 Å². The smallest absolute Gasteiger partial charge is 0.236 e. The first kappa shape index (κ1) is 17.5. The van der Waals surface area contributed by atoms with Gasteiger partial charge < -0.3 is 14.4 Å². The Morgan fingerprint density at radius 1 is 1.28 bits per heavy atom. The number of para-hydroxylation sites is 1. The van der Waals surface area contributed by atoms with Crippen LogP contribution < -0.4 is 0 Å². The van der Waals surface area contributed by atoms with E-state index in [1.807, 2.05) is 34.1 Å². The number of amides is 1. The van der Waals surface area contributed by atoms with E-state index in [0.717, 1.165) is 30.8 Å². The zero-order chi connectivity index (χ0) is 17.6. The molecule has 5 nitrogen and oxygen atoms in total. The highest BCUT2D eigenvalue weighted by Crippen LogP contribution is 2.20. The minimum absolute atomic E-state index is 0.147. The van der Waals surface area contributed by atoms with Gasteiger partial charge in [0.05, 0.1) is 19.4 Å². The van der Waals surface area contributed by atoms with Crippen molar-refractivity contribution in [2.75, 3.05) is 19.6 Å². The molecule has 1 N–H and O–H groups in total. The average molecular weight is 342 g/mol. The molecule has 25 heavy (non-hydrogen) atoms.